The zero-order valence-corrected chi connectivity index (χ0v) is 8.42. The molecule has 0 spiro atoms. The fourth-order valence-corrected chi connectivity index (χ4v) is 2.18. The lowest BCUT2D eigenvalue weighted by Crippen LogP contribution is -2.20. The van der Waals surface area contributed by atoms with Crippen molar-refractivity contribution in [1.29, 1.82) is 0 Å². The first-order valence-electron chi connectivity index (χ1n) is 4.46. The number of thiophene rings is 1. The van der Waals surface area contributed by atoms with Crippen LogP contribution in [0.2, 0.25) is 0 Å². The third kappa shape index (κ3) is 1.80. The second kappa shape index (κ2) is 3.84. The van der Waals surface area contributed by atoms with E-state index < -0.39 is 5.91 Å². The van der Waals surface area contributed by atoms with Crippen LogP contribution in [-0.4, -0.2) is 5.91 Å². The summed E-state index contributed by atoms with van der Waals surface area (Å²) in [7, 11) is 0. The van der Waals surface area contributed by atoms with Crippen molar-refractivity contribution in [2.45, 2.75) is 18.9 Å². The van der Waals surface area contributed by atoms with Gasteiger partial charge in [-0.05, 0) is 35.7 Å². The third-order valence-electron chi connectivity index (χ3n) is 2.19. The molecule has 14 heavy (non-hydrogen) atoms. The van der Waals surface area contributed by atoms with Crippen molar-refractivity contribution in [3.05, 3.63) is 34.2 Å². The number of allylic oxidation sites excluding steroid dienone is 1. The van der Waals surface area contributed by atoms with Crippen LogP contribution in [0.1, 0.15) is 24.5 Å². The Bertz CT molecular complexity index is 356. The van der Waals surface area contributed by atoms with Gasteiger partial charge in [0.2, 0.25) is 0 Å². The molecular weight excluding hydrogens is 198 g/mol. The Morgan fingerprint density at radius 3 is 3.14 bits per heavy atom. The van der Waals surface area contributed by atoms with E-state index in [-0.39, 0.29) is 6.10 Å². The summed E-state index contributed by atoms with van der Waals surface area (Å²) in [5.74, 6) is -0.183. The van der Waals surface area contributed by atoms with Crippen LogP contribution < -0.4 is 5.73 Å². The topological polar surface area (TPSA) is 52.3 Å². The van der Waals surface area contributed by atoms with Gasteiger partial charge >= 0.3 is 0 Å². The van der Waals surface area contributed by atoms with Gasteiger partial charge in [-0.25, -0.2) is 0 Å². The summed E-state index contributed by atoms with van der Waals surface area (Å²) in [5, 5.41) is 4.04. The molecular formula is C10H11NO2S. The lowest BCUT2D eigenvalue weighted by Gasteiger charge is -2.22. The second-order valence-corrected chi connectivity index (χ2v) is 3.95. The van der Waals surface area contributed by atoms with E-state index in [1.807, 2.05) is 16.8 Å². The first kappa shape index (κ1) is 9.27. The van der Waals surface area contributed by atoms with E-state index in [0.29, 0.717) is 5.76 Å². The molecule has 74 valence electrons. The predicted octanol–water partition coefficient (Wildman–Crippen LogP) is 1.97. The van der Waals surface area contributed by atoms with Crippen LogP contribution in [0.3, 0.4) is 0 Å². The van der Waals surface area contributed by atoms with Gasteiger partial charge < -0.3 is 10.5 Å². The van der Waals surface area contributed by atoms with Crippen LogP contribution in [0.4, 0.5) is 0 Å². The molecule has 2 heterocycles. The summed E-state index contributed by atoms with van der Waals surface area (Å²) in [6.07, 6.45) is 3.51. The minimum absolute atomic E-state index is 0.00579. The Hall–Kier alpha value is -1.29. The molecule has 0 radical (unpaired) electrons. The molecule has 3 nitrogen and oxygen atoms in total. The largest absolute Gasteiger partial charge is 0.480 e. The number of rotatable bonds is 2. The van der Waals surface area contributed by atoms with Crippen LogP contribution in [0.5, 0.6) is 0 Å². The van der Waals surface area contributed by atoms with Gasteiger partial charge in [0.05, 0.1) is 0 Å². The fourth-order valence-electron chi connectivity index (χ4n) is 1.48. The van der Waals surface area contributed by atoms with E-state index in [1.165, 1.54) is 0 Å². The Labute approximate surface area is 86.2 Å². The van der Waals surface area contributed by atoms with Crippen LogP contribution in [0.25, 0.3) is 0 Å². The molecule has 4 heteroatoms. The SMILES string of the molecule is NC(=O)C1=CCCC(c2ccsc2)O1. The summed E-state index contributed by atoms with van der Waals surface area (Å²) >= 11 is 1.63. The minimum Gasteiger partial charge on any atom is -0.480 e. The van der Waals surface area contributed by atoms with E-state index in [1.54, 1.807) is 17.4 Å². The van der Waals surface area contributed by atoms with Crippen molar-refractivity contribution in [3.63, 3.8) is 0 Å². The summed E-state index contributed by atoms with van der Waals surface area (Å²) in [6.45, 7) is 0. The maximum absolute atomic E-state index is 10.9. The average Bonchev–Trinajstić information content (AvgIpc) is 2.71. The molecule has 0 saturated carbocycles. The summed E-state index contributed by atoms with van der Waals surface area (Å²) < 4.78 is 5.49. The molecule has 1 unspecified atom stereocenters. The summed E-state index contributed by atoms with van der Waals surface area (Å²) in [6, 6.07) is 2.01. The monoisotopic (exact) mass is 209 g/mol. The molecule has 0 aromatic carbocycles. The molecule has 0 aliphatic carbocycles. The first-order chi connectivity index (χ1) is 6.77. The van der Waals surface area contributed by atoms with E-state index >= 15 is 0 Å². The van der Waals surface area contributed by atoms with Crippen molar-refractivity contribution < 1.29 is 9.53 Å². The number of amides is 1. The number of ether oxygens (including phenoxy) is 1. The lowest BCUT2D eigenvalue weighted by atomic mass is 10.1. The predicted molar refractivity (Wildman–Crippen MR) is 54.7 cm³/mol. The highest BCUT2D eigenvalue weighted by Gasteiger charge is 2.21. The first-order valence-corrected chi connectivity index (χ1v) is 5.40. The van der Waals surface area contributed by atoms with Crippen LogP contribution in [0.15, 0.2) is 28.7 Å². The van der Waals surface area contributed by atoms with Crippen molar-refractivity contribution in [2.24, 2.45) is 5.73 Å². The van der Waals surface area contributed by atoms with Crippen molar-refractivity contribution in [3.8, 4) is 0 Å². The highest BCUT2D eigenvalue weighted by atomic mass is 32.1. The molecule has 1 amide bonds. The zero-order chi connectivity index (χ0) is 9.97. The second-order valence-electron chi connectivity index (χ2n) is 3.17. The Morgan fingerprint density at radius 2 is 2.50 bits per heavy atom. The van der Waals surface area contributed by atoms with Crippen molar-refractivity contribution >= 4 is 17.2 Å². The number of primary amides is 1. The summed E-state index contributed by atoms with van der Waals surface area (Å²) in [5.41, 5.74) is 6.28. The van der Waals surface area contributed by atoms with E-state index in [0.717, 1.165) is 18.4 Å². The van der Waals surface area contributed by atoms with E-state index in [4.69, 9.17) is 10.5 Å². The number of hydrogen-bond donors (Lipinski definition) is 1. The van der Waals surface area contributed by atoms with Gasteiger partial charge in [0.25, 0.3) is 5.91 Å². The third-order valence-corrected chi connectivity index (χ3v) is 2.89. The molecule has 2 N–H and O–H groups in total. The van der Waals surface area contributed by atoms with Crippen LogP contribution >= 0.6 is 11.3 Å². The van der Waals surface area contributed by atoms with Gasteiger partial charge in [-0.1, -0.05) is 0 Å². The maximum atomic E-state index is 10.9. The number of carbonyl (C=O) groups is 1. The lowest BCUT2D eigenvalue weighted by molar-refractivity contribution is -0.119. The molecule has 1 aliphatic heterocycles. The van der Waals surface area contributed by atoms with E-state index in [2.05, 4.69) is 0 Å². The van der Waals surface area contributed by atoms with Crippen molar-refractivity contribution in [1.82, 2.24) is 0 Å². The fraction of sp³-hybridized carbons (Fsp3) is 0.300. The highest BCUT2D eigenvalue weighted by molar-refractivity contribution is 7.07. The van der Waals surface area contributed by atoms with Gasteiger partial charge in [-0.2, -0.15) is 11.3 Å². The van der Waals surface area contributed by atoms with Gasteiger partial charge in [-0.3, -0.25) is 4.79 Å². The normalized spacial score (nSPS) is 21.1. The molecule has 1 aliphatic rings. The molecule has 0 fully saturated rings. The number of nitrogens with two attached hydrogens (primary N) is 1. The number of carbonyl (C=O) groups excluding carboxylic acids is 1. The maximum Gasteiger partial charge on any atom is 0.283 e. The van der Waals surface area contributed by atoms with Crippen molar-refractivity contribution in [2.75, 3.05) is 0 Å². The minimum atomic E-state index is -0.482. The highest BCUT2D eigenvalue weighted by Crippen LogP contribution is 2.30. The van der Waals surface area contributed by atoms with Gasteiger partial charge in [-0.15, -0.1) is 0 Å². The van der Waals surface area contributed by atoms with Crippen LogP contribution in [-0.2, 0) is 9.53 Å². The Balaban J connectivity index is 2.12. The van der Waals surface area contributed by atoms with E-state index in [9.17, 15) is 4.79 Å². The van der Waals surface area contributed by atoms with Crippen LogP contribution in [0, 0.1) is 0 Å². The molecule has 0 bridgehead atoms. The average molecular weight is 209 g/mol. The summed E-state index contributed by atoms with van der Waals surface area (Å²) in [4.78, 5) is 10.9. The smallest absolute Gasteiger partial charge is 0.283 e. The Kier molecular flexibility index (Phi) is 2.54. The standard InChI is InChI=1S/C10H11NO2S/c11-10(12)9-3-1-2-8(13-9)7-4-5-14-6-7/h3-6,8H,1-2H2,(H2,11,12). The van der Waals surface area contributed by atoms with Gasteiger partial charge in [0.15, 0.2) is 5.76 Å². The molecule has 1 aromatic rings. The van der Waals surface area contributed by atoms with Gasteiger partial charge in [0.1, 0.15) is 6.10 Å². The molecule has 0 saturated heterocycles. The zero-order valence-electron chi connectivity index (χ0n) is 7.60. The number of hydrogen-bond acceptors (Lipinski definition) is 3. The Morgan fingerprint density at radius 1 is 1.64 bits per heavy atom. The quantitative estimate of drug-likeness (QED) is 0.809. The molecule has 2 rings (SSSR count). The molecule has 1 aromatic heterocycles. The van der Waals surface area contributed by atoms with Gasteiger partial charge in [0, 0.05) is 5.56 Å². The molecule has 1 atom stereocenters.